The zero-order valence-corrected chi connectivity index (χ0v) is 17.5. The number of benzene rings is 1. The van der Waals surface area contributed by atoms with Gasteiger partial charge in [-0.2, -0.15) is 0 Å². The zero-order chi connectivity index (χ0) is 19.4. The molecule has 0 radical (unpaired) electrons. The molecule has 27 heavy (non-hydrogen) atoms. The Morgan fingerprint density at radius 3 is 2.78 bits per heavy atom. The number of hydrogen-bond donors (Lipinski definition) is 1. The quantitative estimate of drug-likeness (QED) is 0.560. The van der Waals surface area contributed by atoms with Gasteiger partial charge in [-0.1, -0.05) is 31.5 Å². The monoisotopic (exact) mass is 394 g/mol. The average Bonchev–Trinajstić information content (AvgIpc) is 3.23. The standard InChI is InChI=1S/C21H32ClFN4/c1-4-24-21(27-11-10-15(14-27)13-26(5-2)6-3)25-19-12-16(19)20-17(22)8-7-9-18(20)23/h7-9,15-16,19H,4-6,10-14H2,1-3H3,(H,24,25). The van der Waals surface area contributed by atoms with Crippen molar-refractivity contribution in [1.82, 2.24) is 15.1 Å². The molecule has 0 bridgehead atoms. The van der Waals surface area contributed by atoms with Crippen molar-refractivity contribution in [1.29, 1.82) is 0 Å². The number of nitrogens with one attached hydrogen (secondary N) is 1. The molecule has 1 N–H and O–H groups in total. The Balaban J connectivity index is 1.59. The first kappa shape index (κ1) is 20.4. The van der Waals surface area contributed by atoms with Gasteiger partial charge >= 0.3 is 0 Å². The van der Waals surface area contributed by atoms with Crippen LogP contribution in [0.4, 0.5) is 4.39 Å². The number of rotatable bonds is 7. The Labute approximate surface area is 167 Å². The number of likely N-dealkylation sites (tertiary alicyclic amines) is 1. The molecule has 150 valence electrons. The maximum absolute atomic E-state index is 14.2. The second-order valence-corrected chi connectivity index (χ2v) is 8.02. The van der Waals surface area contributed by atoms with Gasteiger partial charge in [-0.3, -0.25) is 4.99 Å². The van der Waals surface area contributed by atoms with Crippen LogP contribution in [0, 0.1) is 11.7 Å². The maximum Gasteiger partial charge on any atom is 0.194 e. The largest absolute Gasteiger partial charge is 0.353 e. The smallest absolute Gasteiger partial charge is 0.194 e. The Bertz CT molecular complexity index is 641. The fraction of sp³-hybridized carbons (Fsp3) is 0.667. The van der Waals surface area contributed by atoms with Crippen LogP contribution in [-0.2, 0) is 0 Å². The van der Waals surface area contributed by atoms with Gasteiger partial charge in [-0.15, -0.1) is 0 Å². The summed E-state index contributed by atoms with van der Waals surface area (Å²) in [7, 11) is 0. The molecule has 6 heteroatoms. The van der Waals surface area contributed by atoms with Crippen LogP contribution in [0.2, 0.25) is 5.02 Å². The summed E-state index contributed by atoms with van der Waals surface area (Å²) in [5.41, 5.74) is 0.647. The minimum Gasteiger partial charge on any atom is -0.353 e. The van der Waals surface area contributed by atoms with Crippen LogP contribution in [0.15, 0.2) is 23.2 Å². The summed E-state index contributed by atoms with van der Waals surface area (Å²) in [5.74, 6) is 1.59. The third kappa shape index (κ3) is 4.94. The summed E-state index contributed by atoms with van der Waals surface area (Å²) in [6.07, 6.45) is 2.11. The maximum atomic E-state index is 14.2. The third-order valence-corrected chi connectivity index (χ3v) is 6.11. The first-order chi connectivity index (χ1) is 13.1. The zero-order valence-electron chi connectivity index (χ0n) is 16.7. The van der Waals surface area contributed by atoms with Crippen molar-refractivity contribution in [2.24, 2.45) is 10.9 Å². The van der Waals surface area contributed by atoms with Crippen LogP contribution in [0.1, 0.15) is 45.1 Å². The molecule has 1 saturated carbocycles. The van der Waals surface area contributed by atoms with Gasteiger partial charge in [0.25, 0.3) is 0 Å². The third-order valence-electron chi connectivity index (χ3n) is 5.78. The van der Waals surface area contributed by atoms with Gasteiger partial charge in [0.05, 0.1) is 0 Å². The molecular formula is C21H32ClFN4. The number of halogens is 2. The minimum atomic E-state index is -0.203. The molecule has 2 fully saturated rings. The molecular weight excluding hydrogens is 363 g/mol. The van der Waals surface area contributed by atoms with E-state index < -0.39 is 0 Å². The lowest BCUT2D eigenvalue weighted by Crippen LogP contribution is -2.42. The van der Waals surface area contributed by atoms with Gasteiger partial charge in [0, 0.05) is 48.7 Å². The Kier molecular flexibility index (Phi) is 6.99. The summed E-state index contributed by atoms with van der Waals surface area (Å²) in [5, 5.41) is 4.10. The minimum absolute atomic E-state index is 0.134. The van der Waals surface area contributed by atoms with E-state index in [1.165, 1.54) is 12.5 Å². The van der Waals surface area contributed by atoms with Crippen LogP contribution in [0.3, 0.4) is 0 Å². The molecule has 1 heterocycles. The van der Waals surface area contributed by atoms with Gasteiger partial charge < -0.3 is 15.1 Å². The average molecular weight is 395 g/mol. The van der Waals surface area contributed by atoms with Gasteiger partial charge in [0.15, 0.2) is 5.96 Å². The van der Waals surface area contributed by atoms with E-state index >= 15 is 0 Å². The number of hydrogen-bond acceptors (Lipinski definition) is 2. The first-order valence-electron chi connectivity index (χ1n) is 10.3. The molecule has 1 aliphatic heterocycles. The van der Waals surface area contributed by atoms with Crippen molar-refractivity contribution in [2.45, 2.75) is 45.6 Å². The van der Waals surface area contributed by atoms with E-state index in [0.29, 0.717) is 16.5 Å². The van der Waals surface area contributed by atoms with Crippen LogP contribution in [0.25, 0.3) is 0 Å². The lowest BCUT2D eigenvalue weighted by atomic mass is 10.1. The molecule has 0 spiro atoms. The molecule has 3 atom stereocenters. The normalized spacial score (nSPS) is 25.3. The van der Waals surface area contributed by atoms with Crippen molar-refractivity contribution in [3.63, 3.8) is 0 Å². The molecule has 0 amide bonds. The van der Waals surface area contributed by atoms with E-state index in [-0.39, 0.29) is 17.8 Å². The molecule has 1 aliphatic carbocycles. The number of guanidine groups is 1. The highest BCUT2D eigenvalue weighted by atomic mass is 35.5. The topological polar surface area (TPSA) is 30.9 Å². The van der Waals surface area contributed by atoms with Gasteiger partial charge in [0.1, 0.15) is 5.82 Å². The van der Waals surface area contributed by atoms with Crippen LogP contribution >= 0.6 is 11.6 Å². The summed E-state index contributed by atoms with van der Waals surface area (Å²) in [4.78, 5) is 9.57. The highest BCUT2D eigenvalue weighted by Gasteiger charge is 2.42. The molecule has 1 saturated heterocycles. The fourth-order valence-corrected chi connectivity index (χ4v) is 4.42. The van der Waals surface area contributed by atoms with Gasteiger partial charge in [0.2, 0.25) is 0 Å². The van der Waals surface area contributed by atoms with Crippen molar-refractivity contribution in [2.75, 3.05) is 39.3 Å². The van der Waals surface area contributed by atoms with Crippen LogP contribution in [0.5, 0.6) is 0 Å². The van der Waals surface area contributed by atoms with E-state index in [9.17, 15) is 4.39 Å². The second kappa shape index (κ2) is 9.24. The van der Waals surface area contributed by atoms with E-state index in [4.69, 9.17) is 16.6 Å². The summed E-state index contributed by atoms with van der Waals surface area (Å²) in [6, 6.07) is 5.15. The molecule has 1 aromatic rings. The predicted molar refractivity (Wildman–Crippen MR) is 111 cm³/mol. The second-order valence-electron chi connectivity index (χ2n) is 7.61. The molecule has 0 aromatic heterocycles. The molecule has 3 rings (SSSR count). The van der Waals surface area contributed by atoms with Crippen molar-refractivity contribution in [3.05, 3.63) is 34.6 Å². The van der Waals surface area contributed by atoms with Crippen molar-refractivity contribution >= 4 is 17.6 Å². The first-order valence-corrected chi connectivity index (χ1v) is 10.7. The van der Waals surface area contributed by atoms with Gasteiger partial charge in [-0.05, 0) is 50.9 Å². The lowest BCUT2D eigenvalue weighted by Gasteiger charge is -2.25. The Morgan fingerprint density at radius 1 is 1.33 bits per heavy atom. The Hall–Kier alpha value is -1.33. The fourth-order valence-electron chi connectivity index (χ4n) is 4.11. The van der Waals surface area contributed by atoms with E-state index in [1.807, 2.05) is 0 Å². The Morgan fingerprint density at radius 2 is 2.11 bits per heavy atom. The number of aliphatic imine (C=N–C) groups is 1. The molecule has 1 aromatic carbocycles. The molecule has 3 unspecified atom stereocenters. The van der Waals surface area contributed by atoms with E-state index in [2.05, 4.69) is 35.9 Å². The van der Waals surface area contributed by atoms with Crippen molar-refractivity contribution < 1.29 is 4.39 Å². The SMILES string of the molecule is CCN=C(NC1CC1c1c(F)cccc1Cl)N1CCC(CN(CC)CC)C1. The highest BCUT2D eigenvalue weighted by Crippen LogP contribution is 2.45. The van der Waals surface area contributed by atoms with E-state index in [0.717, 1.165) is 51.6 Å². The number of nitrogens with zero attached hydrogens (tertiary/aromatic N) is 3. The van der Waals surface area contributed by atoms with Crippen LogP contribution < -0.4 is 5.32 Å². The predicted octanol–water partition coefficient (Wildman–Crippen LogP) is 3.96. The molecule has 4 nitrogen and oxygen atoms in total. The van der Waals surface area contributed by atoms with E-state index in [1.54, 1.807) is 12.1 Å². The lowest BCUT2D eigenvalue weighted by molar-refractivity contribution is 0.255. The van der Waals surface area contributed by atoms with Crippen molar-refractivity contribution in [3.8, 4) is 0 Å². The van der Waals surface area contributed by atoms with Gasteiger partial charge in [-0.25, -0.2) is 4.39 Å². The van der Waals surface area contributed by atoms with Crippen LogP contribution in [-0.4, -0.2) is 61.1 Å². The summed E-state index contributed by atoms with van der Waals surface area (Å²) in [6.45, 7) is 12.7. The molecule has 2 aliphatic rings. The summed E-state index contributed by atoms with van der Waals surface area (Å²) >= 11 is 6.24. The summed E-state index contributed by atoms with van der Waals surface area (Å²) < 4.78 is 14.2. The highest BCUT2D eigenvalue weighted by molar-refractivity contribution is 6.31.